The largest absolute Gasteiger partial charge is 0.390 e. The lowest BCUT2D eigenvalue weighted by molar-refractivity contribution is 0.277. The minimum Gasteiger partial charge on any atom is -0.390 e. The Morgan fingerprint density at radius 1 is 1.33 bits per heavy atom. The van der Waals surface area contributed by atoms with Crippen LogP contribution < -0.4 is 5.32 Å². The highest BCUT2D eigenvalue weighted by molar-refractivity contribution is 7.10. The van der Waals surface area contributed by atoms with Crippen LogP contribution in [0.5, 0.6) is 0 Å². The summed E-state index contributed by atoms with van der Waals surface area (Å²) in [6.45, 7) is 6.88. The molecule has 0 atom stereocenters. The fraction of sp³-hybridized carbons (Fsp3) is 0.545. The number of aliphatic hydroxyl groups is 1. The summed E-state index contributed by atoms with van der Waals surface area (Å²) < 4.78 is 4.33. The Morgan fingerprint density at radius 3 is 2.67 bits per heavy atom. The molecule has 0 aliphatic rings. The molecule has 2 aromatic rings. The predicted molar refractivity (Wildman–Crippen MR) is 74.0 cm³/mol. The van der Waals surface area contributed by atoms with Gasteiger partial charge in [0.05, 0.1) is 18.8 Å². The topological polar surface area (TPSA) is 70.9 Å². The van der Waals surface area contributed by atoms with E-state index in [9.17, 15) is 0 Å². The second kappa shape index (κ2) is 5.29. The van der Waals surface area contributed by atoms with Crippen LogP contribution in [0.3, 0.4) is 0 Å². The second-order valence-corrected chi connectivity index (χ2v) is 6.61. The van der Waals surface area contributed by atoms with E-state index in [4.69, 9.17) is 5.11 Å². The van der Waals surface area contributed by atoms with Crippen molar-refractivity contribution in [1.29, 1.82) is 0 Å². The maximum absolute atomic E-state index is 8.93. The lowest BCUT2D eigenvalue weighted by atomic mass is 9.96. The summed E-state index contributed by atoms with van der Waals surface area (Å²) >= 11 is 2.89. The molecule has 2 rings (SSSR count). The Kier molecular flexibility index (Phi) is 3.94. The van der Waals surface area contributed by atoms with E-state index in [0.717, 1.165) is 16.0 Å². The average Bonchev–Trinajstić information content (AvgIpc) is 2.94. The molecule has 2 heterocycles. The Morgan fingerprint density at radius 2 is 2.11 bits per heavy atom. The van der Waals surface area contributed by atoms with Crippen molar-refractivity contribution < 1.29 is 5.11 Å². The van der Waals surface area contributed by atoms with Crippen LogP contribution in [0.15, 0.2) is 5.38 Å². The molecule has 0 radical (unpaired) electrons. The molecule has 0 unspecified atom stereocenters. The van der Waals surface area contributed by atoms with Crippen molar-refractivity contribution in [2.24, 2.45) is 0 Å². The van der Waals surface area contributed by atoms with Gasteiger partial charge in [-0.3, -0.25) is 0 Å². The molecule has 98 valence electrons. The normalized spacial score (nSPS) is 11.8. The SMILES string of the molecule is CC(C)(C)c1nsc(NCc2nc(CO)cs2)n1. The number of hydrogen-bond donors (Lipinski definition) is 2. The molecule has 0 aromatic carbocycles. The van der Waals surface area contributed by atoms with Crippen LogP contribution in [0.1, 0.15) is 37.3 Å². The Labute approximate surface area is 114 Å². The van der Waals surface area contributed by atoms with Crippen LogP contribution in [0.4, 0.5) is 5.13 Å². The number of rotatable bonds is 4. The average molecular weight is 284 g/mol. The lowest BCUT2D eigenvalue weighted by Gasteiger charge is -2.12. The van der Waals surface area contributed by atoms with Gasteiger partial charge >= 0.3 is 0 Å². The Balaban J connectivity index is 1.96. The first-order chi connectivity index (χ1) is 8.49. The molecule has 18 heavy (non-hydrogen) atoms. The van der Waals surface area contributed by atoms with E-state index in [0.29, 0.717) is 12.2 Å². The minimum atomic E-state index is -0.0261. The number of hydrogen-bond acceptors (Lipinski definition) is 7. The van der Waals surface area contributed by atoms with E-state index < -0.39 is 0 Å². The molecule has 2 aromatic heterocycles. The Bertz CT molecular complexity index is 515. The Hall–Kier alpha value is -1.05. The second-order valence-electron chi connectivity index (χ2n) is 4.92. The molecule has 0 saturated carbocycles. The number of anilines is 1. The maximum atomic E-state index is 8.93. The van der Waals surface area contributed by atoms with Crippen molar-refractivity contribution in [3.8, 4) is 0 Å². The van der Waals surface area contributed by atoms with Crippen molar-refractivity contribution >= 4 is 28.0 Å². The molecule has 0 amide bonds. The van der Waals surface area contributed by atoms with Gasteiger partial charge in [-0.1, -0.05) is 20.8 Å². The van der Waals surface area contributed by atoms with Gasteiger partial charge in [0.15, 0.2) is 0 Å². The number of nitrogens with one attached hydrogen (secondary N) is 1. The molecule has 0 spiro atoms. The highest BCUT2D eigenvalue weighted by Gasteiger charge is 2.19. The minimum absolute atomic E-state index is 0.0104. The first-order valence-corrected chi connectivity index (χ1v) is 7.26. The van der Waals surface area contributed by atoms with Gasteiger partial charge < -0.3 is 10.4 Å². The zero-order valence-corrected chi connectivity index (χ0v) is 12.2. The molecule has 0 bridgehead atoms. The van der Waals surface area contributed by atoms with Crippen molar-refractivity contribution in [2.45, 2.75) is 39.3 Å². The van der Waals surface area contributed by atoms with E-state index in [-0.39, 0.29) is 12.0 Å². The maximum Gasteiger partial charge on any atom is 0.202 e. The third kappa shape index (κ3) is 3.24. The molecule has 2 N–H and O–H groups in total. The first-order valence-electron chi connectivity index (χ1n) is 5.61. The van der Waals surface area contributed by atoms with Crippen molar-refractivity contribution in [1.82, 2.24) is 14.3 Å². The number of aromatic nitrogens is 3. The van der Waals surface area contributed by atoms with E-state index in [2.05, 4.69) is 40.4 Å². The van der Waals surface area contributed by atoms with Gasteiger partial charge in [0.1, 0.15) is 10.8 Å². The van der Waals surface area contributed by atoms with Gasteiger partial charge in [-0.05, 0) is 0 Å². The monoisotopic (exact) mass is 284 g/mol. The molecule has 7 heteroatoms. The van der Waals surface area contributed by atoms with E-state index in [1.165, 1.54) is 22.9 Å². The fourth-order valence-corrected chi connectivity index (χ4v) is 2.73. The van der Waals surface area contributed by atoms with Crippen LogP contribution in [0, 0.1) is 0 Å². The summed E-state index contributed by atoms with van der Waals surface area (Å²) in [6.07, 6.45) is 0. The van der Waals surface area contributed by atoms with Crippen molar-refractivity contribution in [3.63, 3.8) is 0 Å². The molecule has 0 aliphatic carbocycles. The third-order valence-corrected chi connectivity index (χ3v) is 3.82. The third-order valence-electron chi connectivity index (χ3n) is 2.25. The van der Waals surface area contributed by atoms with Gasteiger partial charge in [-0.25, -0.2) is 9.97 Å². The molecule has 0 aliphatic heterocycles. The van der Waals surface area contributed by atoms with Crippen LogP contribution in [0.2, 0.25) is 0 Å². The number of thiazole rings is 1. The van der Waals surface area contributed by atoms with Crippen molar-refractivity contribution in [3.05, 3.63) is 21.9 Å². The molecule has 0 fully saturated rings. The van der Waals surface area contributed by atoms with Crippen LogP contribution in [-0.2, 0) is 18.6 Å². The summed E-state index contributed by atoms with van der Waals surface area (Å²) in [7, 11) is 0. The van der Waals surface area contributed by atoms with Crippen LogP contribution in [-0.4, -0.2) is 19.4 Å². The van der Waals surface area contributed by atoms with Gasteiger partial charge in [-0.2, -0.15) is 4.37 Å². The van der Waals surface area contributed by atoms with Crippen molar-refractivity contribution in [2.75, 3.05) is 5.32 Å². The zero-order chi connectivity index (χ0) is 13.2. The summed E-state index contributed by atoms with van der Waals surface area (Å²) in [4.78, 5) is 8.71. The lowest BCUT2D eigenvalue weighted by Crippen LogP contribution is -2.13. The predicted octanol–water partition coefficient (Wildman–Crippen LogP) is 2.40. The van der Waals surface area contributed by atoms with Crippen LogP contribution >= 0.6 is 22.9 Å². The summed E-state index contributed by atoms with van der Waals surface area (Å²) in [5, 5.41) is 15.7. The first kappa shape index (κ1) is 13.4. The van der Waals surface area contributed by atoms with E-state index >= 15 is 0 Å². The van der Waals surface area contributed by atoms with Gasteiger partial charge in [0.2, 0.25) is 5.13 Å². The highest BCUT2D eigenvalue weighted by atomic mass is 32.1. The van der Waals surface area contributed by atoms with E-state index in [1.807, 2.05) is 5.38 Å². The molecular weight excluding hydrogens is 268 g/mol. The smallest absolute Gasteiger partial charge is 0.202 e. The quantitative estimate of drug-likeness (QED) is 0.902. The van der Waals surface area contributed by atoms with Gasteiger partial charge in [-0.15, -0.1) is 11.3 Å². The molecule has 0 saturated heterocycles. The number of aliphatic hydroxyl groups excluding tert-OH is 1. The molecule has 5 nitrogen and oxygen atoms in total. The van der Waals surface area contributed by atoms with Gasteiger partial charge in [0, 0.05) is 22.3 Å². The fourth-order valence-electron chi connectivity index (χ4n) is 1.25. The molecular formula is C11H16N4OS2. The van der Waals surface area contributed by atoms with E-state index in [1.54, 1.807) is 0 Å². The summed E-state index contributed by atoms with van der Waals surface area (Å²) in [5.41, 5.74) is 0.686. The zero-order valence-electron chi connectivity index (χ0n) is 10.6. The van der Waals surface area contributed by atoms with Gasteiger partial charge in [0.25, 0.3) is 0 Å². The van der Waals surface area contributed by atoms with Crippen LogP contribution in [0.25, 0.3) is 0 Å². The standard InChI is InChI=1S/C11H16N4OS2/c1-11(2,3)9-14-10(18-15-9)12-4-8-13-7(5-16)6-17-8/h6,16H,4-5H2,1-3H3,(H,12,14,15). The highest BCUT2D eigenvalue weighted by Crippen LogP contribution is 2.23. The summed E-state index contributed by atoms with van der Waals surface area (Å²) in [6, 6.07) is 0. The number of nitrogens with zero attached hydrogens (tertiary/aromatic N) is 3. The summed E-state index contributed by atoms with van der Waals surface area (Å²) in [5.74, 6) is 0.852.